The Hall–Kier alpha value is -2.29. The Kier molecular flexibility index (Phi) is 6.90. The molecule has 2 N–H and O–H groups in total. The van der Waals surface area contributed by atoms with E-state index in [1.54, 1.807) is 13.8 Å². The van der Waals surface area contributed by atoms with Crippen LogP contribution < -0.4 is 0 Å². The number of hydrogen-bond acceptors (Lipinski definition) is 6. The summed E-state index contributed by atoms with van der Waals surface area (Å²) >= 11 is 0. The summed E-state index contributed by atoms with van der Waals surface area (Å²) in [6, 6.07) is 0. The molecule has 4 rings (SSSR count). The first-order valence-electron chi connectivity index (χ1n) is 13.6. The number of ether oxygens (including phenoxy) is 2. The van der Waals surface area contributed by atoms with E-state index in [1.165, 1.54) is 19.1 Å². The van der Waals surface area contributed by atoms with Crippen molar-refractivity contribution in [2.24, 2.45) is 40.4 Å². The second-order valence-corrected chi connectivity index (χ2v) is 13.0. The van der Waals surface area contributed by atoms with E-state index in [0.717, 1.165) is 6.08 Å². The predicted molar refractivity (Wildman–Crippen MR) is 135 cm³/mol. The molecule has 0 radical (unpaired) electrons. The molecule has 0 bridgehead atoms. The Morgan fingerprint density at radius 2 is 1.71 bits per heavy atom. The first-order chi connectivity index (χ1) is 17.5. The van der Waals surface area contributed by atoms with E-state index in [1.807, 2.05) is 27.7 Å². The summed E-state index contributed by atoms with van der Waals surface area (Å²) in [5.41, 5.74) is -7.46. The molecule has 0 aromatic rings. The number of carboxylic acids is 1. The molecule has 0 amide bonds. The number of ketones is 1. The van der Waals surface area contributed by atoms with Gasteiger partial charge in [0.05, 0.1) is 6.10 Å². The Morgan fingerprint density at radius 3 is 2.26 bits per heavy atom. The average molecular weight is 539 g/mol. The lowest BCUT2D eigenvalue weighted by atomic mass is 9.44. The number of hydrogen-bond donors (Lipinski definition) is 2. The number of aliphatic carboxylic acids is 1. The van der Waals surface area contributed by atoms with Gasteiger partial charge in [0.25, 0.3) is 0 Å². The van der Waals surface area contributed by atoms with Gasteiger partial charge < -0.3 is 19.7 Å². The number of halogens is 2. The van der Waals surface area contributed by atoms with Crippen LogP contribution in [0.3, 0.4) is 0 Å². The number of allylic oxidation sites excluding steroid dienone is 4. The summed E-state index contributed by atoms with van der Waals surface area (Å²) in [5.74, 6) is -4.49. The summed E-state index contributed by atoms with van der Waals surface area (Å²) in [6.07, 6.45) is -1.82. The Morgan fingerprint density at radius 1 is 1.11 bits per heavy atom. The standard InChI is InChI=1S/C29H40F2O7/c1-14(2)23(15(3)4)37-25(36)38-29(24(34)35)16(5)10-18-19-12-21(30)20-11-17(32)8-9-26(20,6)28(19,31)22(33)13-27(18,29)7/h8-9,11,14-16,18-19,21-23,33H,10,12-13H2,1-7H3,(H,34,35)/t16-,18+,19+,21+,22+,26+,27+,28?,29-/m1/s1. The molecule has 0 spiro atoms. The molecule has 212 valence electrons. The van der Waals surface area contributed by atoms with Crippen molar-refractivity contribution in [3.05, 3.63) is 23.8 Å². The highest BCUT2D eigenvalue weighted by molar-refractivity contribution is 6.01. The quantitative estimate of drug-likeness (QED) is 0.463. The molecular weight excluding hydrogens is 498 g/mol. The monoisotopic (exact) mass is 538 g/mol. The summed E-state index contributed by atoms with van der Waals surface area (Å²) in [4.78, 5) is 38.1. The first-order valence-corrected chi connectivity index (χ1v) is 13.6. The minimum absolute atomic E-state index is 0.00446. The number of carbonyl (C=O) groups is 3. The van der Waals surface area contributed by atoms with Gasteiger partial charge in [-0.25, -0.2) is 18.4 Å². The SMILES string of the molecule is CC(C)C(OC(=O)O[C@@]1(C(=O)O)[C@H](C)C[C@H]2[C@@H]3C[C@H](F)C4=CC(=O)C=C[C@]4(C)C3(F)[C@@H](O)C[C@@]21C)C(C)C. The minimum Gasteiger partial charge on any atom is -0.478 e. The number of aliphatic hydroxyl groups is 1. The molecule has 9 heteroatoms. The van der Waals surface area contributed by atoms with E-state index in [0.29, 0.717) is 0 Å². The van der Waals surface area contributed by atoms with Crippen LogP contribution in [0, 0.1) is 40.4 Å². The topological polar surface area (TPSA) is 110 Å². The van der Waals surface area contributed by atoms with Gasteiger partial charge in [0.2, 0.25) is 5.60 Å². The smallest absolute Gasteiger partial charge is 0.478 e. The van der Waals surface area contributed by atoms with Crippen LogP contribution >= 0.6 is 0 Å². The summed E-state index contributed by atoms with van der Waals surface area (Å²) in [6.45, 7) is 12.2. The van der Waals surface area contributed by atoms with Crippen LogP contribution in [0.2, 0.25) is 0 Å². The molecule has 4 aliphatic rings. The maximum absolute atomic E-state index is 17.3. The van der Waals surface area contributed by atoms with Crippen molar-refractivity contribution in [3.63, 3.8) is 0 Å². The predicted octanol–water partition coefficient (Wildman–Crippen LogP) is 5.21. The largest absolute Gasteiger partial charge is 0.509 e. The van der Waals surface area contributed by atoms with Crippen LogP contribution in [0.5, 0.6) is 0 Å². The minimum atomic E-state index is -2.35. The highest BCUT2D eigenvalue weighted by Crippen LogP contribution is 2.71. The number of fused-ring (bicyclic) bond motifs is 5. The van der Waals surface area contributed by atoms with Gasteiger partial charge in [0.1, 0.15) is 12.3 Å². The van der Waals surface area contributed by atoms with Crippen molar-refractivity contribution in [1.29, 1.82) is 0 Å². The van der Waals surface area contributed by atoms with Gasteiger partial charge in [-0.15, -0.1) is 0 Å². The van der Waals surface area contributed by atoms with Gasteiger partial charge >= 0.3 is 12.1 Å². The van der Waals surface area contributed by atoms with Crippen molar-refractivity contribution in [1.82, 2.24) is 0 Å². The van der Waals surface area contributed by atoms with Crippen LogP contribution in [0.4, 0.5) is 13.6 Å². The molecule has 3 saturated carbocycles. The van der Waals surface area contributed by atoms with Gasteiger partial charge in [-0.05, 0) is 61.7 Å². The number of alkyl halides is 2. The Bertz CT molecular complexity index is 1080. The molecule has 0 aromatic carbocycles. The Balaban J connectivity index is 1.77. The highest BCUT2D eigenvalue weighted by atomic mass is 19.1. The fourth-order valence-corrected chi connectivity index (χ4v) is 8.55. The third-order valence-electron chi connectivity index (χ3n) is 10.3. The van der Waals surface area contributed by atoms with Crippen LogP contribution in [0.25, 0.3) is 0 Å². The second kappa shape index (κ2) is 9.14. The Labute approximate surface area is 222 Å². The van der Waals surface area contributed by atoms with Crippen molar-refractivity contribution in [2.75, 3.05) is 0 Å². The molecule has 0 aliphatic heterocycles. The zero-order chi connectivity index (χ0) is 28.6. The normalized spacial score (nSPS) is 44.0. The third-order valence-corrected chi connectivity index (χ3v) is 10.3. The summed E-state index contributed by atoms with van der Waals surface area (Å²) < 4.78 is 44.3. The number of aliphatic hydroxyl groups excluding tert-OH is 1. The van der Waals surface area contributed by atoms with Gasteiger partial charge in [-0.2, -0.15) is 0 Å². The highest BCUT2D eigenvalue weighted by Gasteiger charge is 2.78. The molecule has 0 saturated heterocycles. The van der Waals surface area contributed by atoms with Crippen molar-refractivity contribution in [2.45, 2.75) is 97.4 Å². The summed E-state index contributed by atoms with van der Waals surface area (Å²) in [5, 5.41) is 22.0. The molecule has 9 atom stereocenters. The van der Waals surface area contributed by atoms with Crippen molar-refractivity contribution >= 4 is 17.9 Å². The summed E-state index contributed by atoms with van der Waals surface area (Å²) in [7, 11) is 0. The molecule has 38 heavy (non-hydrogen) atoms. The molecule has 0 aromatic heterocycles. The zero-order valence-corrected chi connectivity index (χ0v) is 23.2. The molecule has 3 fully saturated rings. The number of carbonyl (C=O) groups excluding carboxylic acids is 2. The van der Waals surface area contributed by atoms with E-state index >= 15 is 8.78 Å². The van der Waals surface area contributed by atoms with Gasteiger partial charge in [-0.1, -0.05) is 47.6 Å². The lowest BCUT2D eigenvalue weighted by Gasteiger charge is -2.62. The third kappa shape index (κ3) is 3.63. The van der Waals surface area contributed by atoms with Crippen LogP contribution in [-0.2, 0) is 19.1 Å². The van der Waals surface area contributed by atoms with E-state index in [9.17, 15) is 24.6 Å². The molecule has 0 heterocycles. The zero-order valence-electron chi connectivity index (χ0n) is 23.2. The van der Waals surface area contributed by atoms with E-state index in [-0.39, 0.29) is 36.7 Å². The molecule has 4 aliphatic carbocycles. The van der Waals surface area contributed by atoms with Crippen LogP contribution in [0.1, 0.15) is 67.7 Å². The maximum atomic E-state index is 17.3. The van der Waals surface area contributed by atoms with Gasteiger partial charge in [0.15, 0.2) is 11.5 Å². The number of rotatable bonds is 5. The first kappa shape index (κ1) is 28.7. The molecule has 7 nitrogen and oxygen atoms in total. The second-order valence-electron chi connectivity index (χ2n) is 13.0. The van der Waals surface area contributed by atoms with Crippen LogP contribution in [0.15, 0.2) is 23.8 Å². The van der Waals surface area contributed by atoms with E-state index in [2.05, 4.69) is 0 Å². The maximum Gasteiger partial charge on any atom is 0.509 e. The van der Waals surface area contributed by atoms with Crippen molar-refractivity contribution in [3.8, 4) is 0 Å². The van der Waals surface area contributed by atoms with Gasteiger partial charge in [0, 0.05) is 22.7 Å². The molecular formula is C29H40F2O7. The van der Waals surface area contributed by atoms with Gasteiger partial charge in [-0.3, -0.25) is 4.79 Å². The van der Waals surface area contributed by atoms with Crippen molar-refractivity contribution < 1.29 is 42.9 Å². The van der Waals surface area contributed by atoms with E-state index in [4.69, 9.17) is 9.47 Å². The lowest BCUT2D eigenvalue weighted by Crippen LogP contribution is -2.71. The fraction of sp³-hybridized carbons (Fsp3) is 0.759. The van der Waals surface area contributed by atoms with Crippen LogP contribution in [-0.4, -0.2) is 57.8 Å². The molecule has 1 unspecified atom stereocenters. The lowest BCUT2D eigenvalue weighted by molar-refractivity contribution is -0.232. The average Bonchev–Trinajstić information content (AvgIpc) is 3.02. The fourth-order valence-electron chi connectivity index (χ4n) is 8.55. The number of carboxylic acid groups (broad SMARTS) is 1. The van der Waals surface area contributed by atoms with E-state index < -0.39 is 76.1 Å².